The van der Waals surface area contributed by atoms with Crippen LogP contribution in [-0.4, -0.2) is 15.7 Å². The summed E-state index contributed by atoms with van der Waals surface area (Å²) in [6.45, 7) is 8.55. The van der Waals surface area contributed by atoms with Crippen molar-refractivity contribution < 1.29 is 5.11 Å². The molecule has 0 radical (unpaired) electrons. The molecule has 102 valence electrons. The minimum absolute atomic E-state index is 0.467. The maximum Gasteiger partial charge on any atom is 0.0693 e. The molecular weight excluding hydrogens is 246 g/mol. The zero-order valence-electron chi connectivity index (χ0n) is 11.8. The van der Waals surface area contributed by atoms with E-state index in [9.17, 15) is 5.11 Å². The third kappa shape index (κ3) is 4.95. The SMILES string of the molecule is CC(C)CC(O)(Cc1ccncc1Cl)CC(C)C. The van der Waals surface area contributed by atoms with E-state index in [0.29, 0.717) is 23.3 Å². The largest absolute Gasteiger partial charge is 0.390 e. The number of pyridine rings is 1. The second-order valence-electron chi connectivity index (χ2n) is 6.06. The molecular formula is C15H24ClNO. The summed E-state index contributed by atoms with van der Waals surface area (Å²) in [6.07, 6.45) is 5.56. The molecule has 0 aromatic carbocycles. The summed E-state index contributed by atoms with van der Waals surface area (Å²) >= 11 is 6.13. The van der Waals surface area contributed by atoms with Crippen molar-refractivity contribution in [2.75, 3.05) is 0 Å². The topological polar surface area (TPSA) is 33.1 Å². The van der Waals surface area contributed by atoms with E-state index < -0.39 is 5.60 Å². The first kappa shape index (κ1) is 15.5. The molecule has 1 rings (SSSR count). The Morgan fingerprint density at radius 2 is 1.78 bits per heavy atom. The van der Waals surface area contributed by atoms with Gasteiger partial charge in [0.15, 0.2) is 0 Å². The highest BCUT2D eigenvalue weighted by molar-refractivity contribution is 6.31. The highest BCUT2D eigenvalue weighted by Gasteiger charge is 2.30. The van der Waals surface area contributed by atoms with Crippen LogP contribution in [0.2, 0.25) is 5.02 Å². The molecule has 0 fully saturated rings. The van der Waals surface area contributed by atoms with Crippen molar-refractivity contribution in [2.45, 2.75) is 52.6 Å². The number of rotatable bonds is 6. The third-order valence-corrected chi connectivity index (χ3v) is 3.29. The van der Waals surface area contributed by atoms with Crippen LogP contribution in [0.5, 0.6) is 0 Å². The van der Waals surface area contributed by atoms with Crippen LogP contribution in [-0.2, 0) is 6.42 Å². The Morgan fingerprint density at radius 1 is 1.22 bits per heavy atom. The van der Waals surface area contributed by atoms with Gasteiger partial charge in [0.2, 0.25) is 0 Å². The molecule has 2 nitrogen and oxygen atoms in total. The van der Waals surface area contributed by atoms with Gasteiger partial charge in [0.1, 0.15) is 0 Å². The molecule has 0 saturated heterocycles. The quantitative estimate of drug-likeness (QED) is 0.843. The first-order valence-corrected chi connectivity index (χ1v) is 7.01. The van der Waals surface area contributed by atoms with Gasteiger partial charge in [-0.05, 0) is 36.3 Å². The molecule has 0 saturated carbocycles. The van der Waals surface area contributed by atoms with Crippen LogP contribution in [0.3, 0.4) is 0 Å². The summed E-state index contributed by atoms with van der Waals surface area (Å²) in [5.41, 5.74) is 0.309. The zero-order valence-corrected chi connectivity index (χ0v) is 12.5. The van der Waals surface area contributed by atoms with Crippen LogP contribution >= 0.6 is 11.6 Å². The number of halogens is 1. The van der Waals surface area contributed by atoms with Crippen LogP contribution in [0.15, 0.2) is 18.5 Å². The van der Waals surface area contributed by atoms with Gasteiger partial charge in [-0.3, -0.25) is 4.98 Å². The number of nitrogens with zero attached hydrogens (tertiary/aromatic N) is 1. The summed E-state index contributed by atoms with van der Waals surface area (Å²) in [7, 11) is 0. The second-order valence-corrected chi connectivity index (χ2v) is 6.47. The van der Waals surface area contributed by atoms with Crippen molar-refractivity contribution in [3.8, 4) is 0 Å². The fourth-order valence-electron chi connectivity index (χ4n) is 2.65. The maximum atomic E-state index is 10.9. The van der Waals surface area contributed by atoms with Gasteiger partial charge in [-0.1, -0.05) is 39.3 Å². The van der Waals surface area contributed by atoms with Crippen LogP contribution in [0.25, 0.3) is 0 Å². The minimum Gasteiger partial charge on any atom is -0.390 e. The molecule has 0 amide bonds. The first-order valence-electron chi connectivity index (χ1n) is 6.63. The van der Waals surface area contributed by atoms with E-state index in [1.54, 1.807) is 12.4 Å². The average Bonchev–Trinajstić information content (AvgIpc) is 2.18. The normalized spacial score (nSPS) is 12.4. The summed E-state index contributed by atoms with van der Waals surface area (Å²) in [5, 5.41) is 11.5. The van der Waals surface area contributed by atoms with E-state index in [1.165, 1.54) is 0 Å². The van der Waals surface area contributed by atoms with Gasteiger partial charge in [-0.15, -0.1) is 0 Å². The predicted molar refractivity (Wildman–Crippen MR) is 76.8 cm³/mol. The first-order chi connectivity index (χ1) is 8.32. The molecule has 0 unspecified atom stereocenters. The lowest BCUT2D eigenvalue weighted by Gasteiger charge is -2.32. The summed E-state index contributed by atoms with van der Waals surface area (Å²) in [5.74, 6) is 0.934. The standard InChI is InChI=1S/C15H24ClNO/c1-11(2)7-15(18,8-12(3)4)9-13-5-6-17-10-14(13)16/h5-6,10-12,18H,7-9H2,1-4H3. The van der Waals surface area contributed by atoms with E-state index in [-0.39, 0.29) is 0 Å². The number of aliphatic hydroxyl groups is 1. The van der Waals surface area contributed by atoms with Crippen molar-refractivity contribution in [2.24, 2.45) is 11.8 Å². The molecule has 3 heteroatoms. The fourth-order valence-corrected chi connectivity index (χ4v) is 2.84. The Labute approximate surface area is 115 Å². The highest BCUT2D eigenvalue weighted by Crippen LogP contribution is 2.30. The molecule has 0 spiro atoms. The lowest BCUT2D eigenvalue weighted by molar-refractivity contribution is 0.000747. The van der Waals surface area contributed by atoms with Crippen molar-refractivity contribution in [1.29, 1.82) is 0 Å². The Morgan fingerprint density at radius 3 is 2.22 bits per heavy atom. The predicted octanol–water partition coefficient (Wildman–Crippen LogP) is 4.10. The van der Waals surface area contributed by atoms with Crippen LogP contribution in [0, 0.1) is 11.8 Å². The van der Waals surface area contributed by atoms with Crippen molar-refractivity contribution in [3.63, 3.8) is 0 Å². The van der Waals surface area contributed by atoms with Gasteiger partial charge in [0, 0.05) is 18.8 Å². The Hall–Kier alpha value is -0.600. The van der Waals surface area contributed by atoms with E-state index in [2.05, 4.69) is 32.7 Å². The van der Waals surface area contributed by atoms with Crippen molar-refractivity contribution in [1.82, 2.24) is 4.98 Å². The molecule has 1 aromatic rings. The molecule has 1 aromatic heterocycles. The second kappa shape index (κ2) is 6.53. The van der Waals surface area contributed by atoms with Gasteiger partial charge in [0.25, 0.3) is 0 Å². The van der Waals surface area contributed by atoms with Crippen molar-refractivity contribution >= 4 is 11.6 Å². The van der Waals surface area contributed by atoms with E-state index in [0.717, 1.165) is 18.4 Å². The number of hydrogen-bond donors (Lipinski definition) is 1. The summed E-state index contributed by atoms with van der Waals surface area (Å²) in [4.78, 5) is 3.98. The van der Waals surface area contributed by atoms with Crippen LogP contribution in [0.1, 0.15) is 46.1 Å². The molecule has 0 atom stereocenters. The average molecular weight is 270 g/mol. The molecule has 0 aliphatic rings. The summed E-state index contributed by atoms with van der Waals surface area (Å²) < 4.78 is 0. The smallest absolute Gasteiger partial charge is 0.0693 e. The van der Waals surface area contributed by atoms with Gasteiger partial charge in [-0.25, -0.2) is 0 Å². The molecule has 18 heavy (non-hydrogen) atoms. The van der Waals surface area contributed by atoms with Gasteiger partial charge in [-0.2, -0.15) is 0 Å². The molecule has 0 aliphatic carbocycles. The molecule has 0 bridgehead atoms. The lowest BCUT2D eigenvalue weighted by Crippen LogP contribution is -2.35. The van der Waals surface area contributed by atoms with E-state index in [1.807, 2.05) is 6.07 Å². The Balaban J connectivity index is 2.87. The van der Waals surface area contributed by atoms with Gasteiger partial charge >= 0.3 is 0 Å². The van der Waals surface area contributed by atoms with E-state index >= 15 is 0 Å². The highest BCUT2D eigenvalue weighted by atomic mass is 35.5. The Kier molecular flexibility index (Phi) is 5.61. The van der Waals surface area contributed by atoms with E-state index in [4.69, 9.17) is 11.6 Å². The lowest BCUT2D eigenvalue weighted by atomic mass is 9.81. The Bertz CT molecular complexity index is 367. The minimum atomic E-state index is -0.673. The fraction of sp³-hybridized carbons (Fsp3) is 0.667. The molecule has 0 aliphatic heterocycles. The van der Waals surface area contributed by atoms with Crippen LogP contribution in [0.4, 0.5) is 0 Å². The number of aromatic nitrogens is 1. The van der Waals surface area contributed by atoms with Gasteiger partial charge in [0.05, 0.1) is 10.6 Å². The van der Waals surface area contributed by atoms with Crippen LogP contribution < -0.4 is 0 Å². The van der Waals surface area contributed by atoms with Crippen molar-refractivity contribution in [3.05, 3.63) is 29.0 Å². The molecule has 1 N–H and O–H groups in total. The number of hydrogen-bond acceptors (Lipinski definition) is 2. The third-order valence-electron chi connectivity index (χ3n) is 2.95. The maximum absolute atomic E-state index is 10.9. The monoisotopic (exact) mass is 269 g/mol. The van der Waals surface area contributed by atoms with Gasteiger partial charge < -0.3 is 5.11 Å². The summed E-state index contributed by atoms with van der Waals surface area (Å²) in [6, 6.07) is 1.90. The molecule has 1 heterocycles. The zero-order chi connectivity index (χ0) is 13.8.